The first-order valence-electron chi connectivity index (χ1n) is 10.1. The molecule has 0 spiro atoms. The van der Waals surface area contributed by atoms with Gasteiger partial charge in [-0.1, -0.05) is 38.2 Å². The fourth-order valence-electron chi connectivity index (χ4n) is 4.24. The maximum absolute atomic E-state index is 6.18. The fraction of sp³-hybridized carbons (Fsp3) is 0.500. The fourth-order valence-corrected chi connectivity index (χ4v) is 5.00. The zero-order valence-corrected chi connectivity index (χ0v) is 17.2. The monoisotopic (exact) mass is 383 g/mol. The summed E-state index contributed by atoms with van der Waals surface area (Å²) in [4.78, 5) is 8.45. The van der Waals surface area contributed by atoms with E-state index in [2.05, 4.69) is 53.0 Å². The highest BCUT2D eigenvalue weighted by Gasteiger charge is 2.17. The van der Waals surface area contributed by atoms with Gasteiger partial charge in [-0.3, -0.25) is 4.40 Å². The molecule has 0 atom stereocenters. The number of anilines is 1. The predicted molar refractivity (Wildman–Crippen MR) is 113 cm³/mol. The summed E-state index contributed by atoms with van der Waals surface area (Å²) in [6.45, 7) is 3.76. The highest BCUT2D eigenvalue weighted by molar-refractivity contribution is 7.09. The Kier molecular flexibility index (Phi) is 5.67. The molecule has 1 aliphatic rings. The number of aromatic nitrogens is 2. The Bertz CT molecular complexity index is 865. The van der Waals surface area contributed by atoms with E-state index >= 15 is 0 Å². The molecule has 3 heterocycles. The summed E-state index contributed by atoms with van der Waals surface area (Å²) in [7, 11) is 2.13. The number of hydrogen-bond donors (Lipinski definition) is 0. The summed E-state index contributed by atoms with van der Waals surface area (Å²) in [5.41, 5.74) is 1.96. The number of thiophene rings is 1. The Labute approximate surface area is 165 Å². The number of pyridine rings is 1. The van der Waals surface area contributed by atoms with Gasteiger partial charge in [-0.2, -0.15) is 0 Å². The van der Waals surface area contributed by atoms with E-state index in [0.717, 1.165) is 48.4 Å². The number of imidazole rings is 1. The summed E-state index contributed by atoms with van der Waals surface area (Å²) in [5.74, 6) is 2.87. The Hall–Kier alpha value is -2.01. The van der Waals surface area contributed by atoms with Crippen molar-refractivity contribution in [3.63, 3.8) is 0 Å². The molecular weight excluding hydrogens is 354 g/mol. The van der Waals surface area contributed by atoms with Crippen molar-refractivity contribution in [2.24, 2.45) is 5.92 Å². The number of rotatable bonds is 7. The van der Waals surface area contributed by atoms with Crippen molar-refractivity contribution >= 4 is 22.8 Å². The second-order valence-electron chi connectivity index (χ2n) is 7.66. The van der Waals surface area contributed by atoms with Crippen LogP contribution in [0.1, 0.15) is 49.1 Å². The predicted octanol–water partition coefficient (Wildman–Crippen LogP) is 5.69. The molecule has 0 aromatic carbocycles. The van der Waals surface area contributed by atoms with Crippen LogP contribution >= 0.6 is 11.3 Å². The van der Waals surface area contributed by atoms with Crippen molar-refractivity contribution in [1.82, 2.24) is 9.38 Å². The van der Waals surface area contributed by atoms with Crippen LogP contribution in [-0.2, 0) is 6.54 Å². The van der Waals surface area contributed by atoms with Gasteiger partial charge in [0.15, 0.2) is 11.4 Å². The van der Waals surface area contributed by atoms with Crippen molar-refractivity contribution in [3.8, 4) is 5.75 Å². The molecule has 4 rings (SSSR count). The molecule has 3 aromatic rings. The van der Waals surface area contributed by atoms with Crippen LogP contribution < -0.4 is 9.64 Å². The molecule has 0 bridgehead atoms. The minimum Gasteiger partial charge on any atom is -0.490 e. The molecule has 0 N–H and O–H groups in total. The highest BCUT2D eigenvalue weighted by Crippen LogP contribution is 2.30. The molecule has 144 valence electrons. The van der Waals surface area contributed by atoms with Gasteiger partial charge in [0.1, 0.15) is 5.82 Å². The van der Waals surface area contributed by atoms with Crippen molar-refractivity contribution in [2.75, 3.05) is 18.6 Å². The summed E-state index contributed by atoms with van der Waals surface area (Å²) in [6, 6.07) is 8.39. The molecule has 5 heteroatoms. The smallest absolute Gasteiger partial charge is 0.181 e. The quantitative estimate of drug-likeness (QED) is 0.525. The Balaban J connectivity index is 1.49. The minimum atomic E-state index is 0.788. The second kappa shape index (κ2) is 8.34. The molecule has 1 saturated carbocycles. The molecule has 0 unspecified atom stereocenters. The summed E-state index contributed by atoms with van der Waals surface area (Å²) < 4.78 is 8.34. The number of hydrogen-bond acceptors (Lipinski definition) is 4. The van der Waals surface area contributed by atoms with Gasteiger partial charge in [-0.05, 0) is 42.8 Å². The summed E-state index contributed by atoms with van der Waals surface area (Å²) >= 11 is 1.79. The molecule has 1 aliphatic carbocycles. The first-order valence-corrected chi connectivity index (χ1v) is 10.9. The second-order valence-corrected chi connectivity index (χ2v) is 8.70. The van der Waals surface area contributed by atoms with Crippen LogP contribution in [0.25, 0.3) is 5.65 Å². The maximum Gasteiger partial charge on any atom is 0.181 e. The summed E-state index contributed by atoms with van der Waals surface area (Å²) in [5, 5.41) is 2.13. The molecular formula is C22H29N3OS. The molecule has 0 saturated heterocycles. The summed E-state index contributed by atoms with van der Waals surface area (Å²) in [6.07, 6.45) is 10.2. The largest absolute Gasteiger partial charge is 0.490 e. The lowest BCUT2D eigenvalue weighted by Gasteiger charge is -2.21. The Morgan fingerprint density at radius 1 is 1.22 bits per heavy atom. The lowest BCUT2D eigenvalue weighted by atomic mass is 9.87. The van der Waals surface area contributed by atoms with E-state index in [9.17, 15) is 0 Å². The normalized spacial score (nSPS) is 15.3. The average molecular weight is 384 g/mol. The van der Waals surface area contributed by atoms with Crippen LogP contribution in [0.4, 0.5) is 5.82 Å². The average Bonchev–Trinajstić information content (AvgIpc) is 3.29. The first-order chi connectivity index (χ1) is 13.2. The van der Waals surface area contributed by atoms with Gasteiger partial charge in [0.2, 0.25) is 0 Å². The Morgan fingerprint density at radius 3 is 2.85 bits per heavy atom. The third-order valence-corrected chi connectivity index (χ3v) is 6.46. The highest BCUT2D eigenvalue weighted by atomic mass is 32.1. The van der Waals surface area contributed by atoms with Gasteiger partial charge >= 0.3 is 0 Å². The molecule has 0 radical (unpaired) electrons. The van der Waals surface area contributed by atoms with Crippen molar-refractivity contribution in [3.05, 3.63) is 46.4 Å². The van der Waals surface area contributed by atoms with Gasteiger partial charge < -0.3 is 9.64 Å². The van der Waals surface area contributed by atoms with E-state index < -0.39 is 0 Å². The third-order valence-electron chi connectivity index (χ3n) is 5.60. The van der Waals surface area contributed by atoms with Crippen molar-refractivity contribution in [1.29, 1.82) is 0 Å². The lowest BCUT2D eigenvalue weighted by molar-refractivity contribution is 0.247. The van der Waals surface area contributed by atoms with Crippen LogP contribution in [0.5, 0.6) is 5.75 Å². The SMILES string of the molecule is Cc1nc2c(OCCC3CCCCC3)cccn2c1N(C)Cc1cccs1. The van der Waals surface area contributed by atoms with Crippen LogP contribution in [0, 0.1) is 12.8 Å². The van der Waals surface area contributed by atoms with Gasteiger partial charge in [0, 0.05) is 18.1 Å². The van der Waals surface area contributed by atoms with Gasteiger partial charge in [-0.15, -0.1) is 11.3 Å². The number of aryl methyl sites for hydroxylation is 1. The van der Waals surface area contributed by atoms with Gasteiger partial charge in [0.05, 0.1) is 18.8 Å². The maximum atomic E-state index is 6.18. The van der Waals surface area contributed by atoms with E-state index in [1.54, 1.807) is 11.3 Å². The van der Waals surface area contributed by atoms with Crippen LogP contribution in [0.15, 0.2) is 35.8 Å². The van der Waals surface area contributed by atoms with E-state index in [-0.39, 0.29) is 0 Å². The standard InChI is InChI=1S/C22H29N3OS/c1-17-22(24(2)16-19-10-7-15-27-19)25-13-6-11-20(21(25)23-17)26-14-12-18-8-4-3-5-9-18/h6-7,10-11,13,15,18H,3-5,8-9,12,14,16H2,1-2H3. The van der Waals surface area contributed by atoms with E-state index in [4.69, 9.17) is 9.72 Å². The minimum absolute atomic E-state index is 0.788. The zero-order chi connectivity index (χ0) is 18.6. The van der Waals surface area contributed by atoms with Crippen LogP contribution in [0.2, 0.25) is 0 Å². The third kappa shape index (κ3) is 4.13. The molecule has 0 aliphatic heterocycles. The molecule has 3 aromatic heterocycles. The Morgan fingerprint density at radius 2 is 2.07 bits per heavy atom. The molecule has 27 heavy (non-hydrogen) atoms. The lowest BCUT2D eigenvalue weighted by Crippen LogP contribution is -2.18. The van der Waals surface area contributed by atoms with E-state index in [0.29, 0.717) is 0 Å². The van der Waals surface area contributed by atoms with Crippen LogP contribution in [-0.4, -0.2) is 23.0 Å². The number of nitrogens with zero attached hydrogens (tertiary/aromatic N) is 3. The van der Waals surface area contributed by atoms with Gasteiger partial charge in [0.25, 0.3) is 0 Å². The van der Waals surface area contributed by atoms with Crippen molar-refractivity contribution in [2.45, 2.75) is 52.0 Å². The molecule has 1 fully saturated rings. The van der Waals surface area contributed by atoms with Crippen LogP contribution in [0.3, 0.4) is 0 Å². The number of ether oxygens (including phenoxy) is 1. The number of fused-ring (bicyclic) bond motifs is 1. The van der Waals surface area contributed by atoms with E-state index in [1.165, 1.54) is 37.0 Å². The zero-order valence-electron chi connectivity index (χ0n) is 16.4. The topological polar surface area (TPSA) is 29.8 Å². The first kappa shape index (κ1) is 18.4. The van der Waals surface area contributed by atoms with Crippen molar-refractivity contribution < 1.29 is 4.74 Å². The van der Waals surface area contributed by atoms with Gasteiger partial charge in [-0.25, -0.2) is 4.98 Å². The van der Waals surface area contributed by atoms with E-state index in [1.807, 2.05) is 6.07 Å². The molecule has 0 amide bonds. The molecule has 4 nitrogen and oxygen atoms in total.